The van der Waals surface area contributed by atoms with Crippen LogP contribution in [0.2, 0.25) is 0 Å². The van der Waals surface area contributed by atoms with Crippen molar-refractivity contribution in [2.45, 2.75) is 32.2 Å². The second-order valence-electron chi connectivity index (χ2n) is 5.02. The fraction of sp³-hybridized carbons (Fsp3) is 0.333. The second kappa shape index (κ2) is 4.53. The van der Waals surface area contributed by atoms with Gasteiger partial charge in [-0.05, 0) is 37.8 Å². The Morgan fingerprint density at radius 2 is 2.42 bits per heavy atom. The van der Waals surface area contributed by atoms with E-state index in [0.29, 0.717) is 11.4 Å². The number of nitrogens with zero attached hydrogens (tertiary/aromatic N) is 1. The number of aliphatic carboxylic acids is 1. The number of carboxylic acid groups (broad SMARTS) is 1. The van der Waals surface area contributed by atoms with E-state index in [1.165, 1.54) is 11.1 Å². The van der Waals surface area contributed by atoms with E-state index in [1.54, 1.807) is 13.0 Å². The molecule has 98 valence electrons. The van der Waals surface area contributed by atoms with Crippen molar-refractivity contribution in [3.63, 3.8) is 0 Å². The highest BCUT2D eigenvalue weighted by atomic mass is 16.4. The normalized spacial score (nSPS) is 25.3. The van der Waals surface area contributed by atoms with Crippen LogP contribution in [0.4, 0.5) is 0 Å². The van der Waals surface area contributed by atoms with E-state index in [4.69, 9.17) is 5.11 Å². The van der Waals surface area contributed by atoms with Gasteiger partial charge in [-0.1, -0.05) is 18.2 Å². The lowest BCUT2D eigenvalue weighted by atomic mass is 9.84. The Balaban J connectivity index is 1.99. The molecule has 0 aromatic rings. The van der Waals surface area contributed by atoms with Crippen molar-refractivity contribution in [2.75, 3.05) is 0 Å². The van der Waals surface area contributed by atoms with Gasteiger partial charge in [0.2, 0.25) is 0 Å². The fourth-order valence-electron chi connectivity index (χ4n) is 2.73. The maximum atomic E-state index is 10.9. The molecule has 2 aliphatic carbocycles. The Morgan fingerprint density at radius 1 is 1.58 bits per heavy atom. The zero-order chi connectivity index (χ0) is 13.4. The lowest BCUT2D eigenvalue weighted by molar-refractivity contribution is -0.132. The van der Waals surface area contributed by atoms with Gasteiger partial charge in [0.1, 0.15) is 5.84 Å². The van der Waals surface area contributed by atoms with Gasteiger partial charge >= 0.3 is 5.97 Å². The van der Waals surface area contributed by atoms with Gasteiger partial charge in [-0.25, -0.2) is 4.79 Å². The molecule has 0 aromatic carbocycles. The lowest BCUT2D eigenvalue weighted by Crippen LogP contribution is -2.35. The van der Waals surface area contributed by atoms with E-state index < -0.39 is 5.97 Å². The summed E-state index contributed by atoms with van der Waals surface area (Å²) >= 11 is 0. The van der Waals surface area contributed by atoms with Gasteiger partial charge in [0.25, 0.3) is 0 Å². The highest BCUT2D eigenvalue weighted by Gasteiger charge is 2.28. The molecule has 0 saturated carbocycles. The minimum Gasteiger partial charge on any atom is -0.478 e. The van der Waals surface area contributed by atoms with Crippen LogP contribution in [-0.4, -0.2) is 23.0 Å². The number of hydrogen-bond acceptors (Lipinski definition) is 3. The van der Waals surface area contributed by atoms with Crippen molar-refractivity contribution in [3.8, 4) is 0 Å². The van der Waals surface area contributed by atoms with E-state index in [0.717, 1.165) is 25.0 Å². The summed E-state index contributed by atoms with van der Waals surface area (Å²) in [6.45, 7) is 1.58. The molecule has 19 heavy (non-hydrogen) atoms. The van der Waals surface area contributed by atoms with Crippen LogP contribution in [0.25, 0.3) is 0 Å². The van der Waals surface area contributed by atoms with Crippen LogP contribution in [0, 0.1) is 0 Å². The standard InChI is InChI=1S/C15H16N2O2/c1-9(15(18)19)8-13-16-11-6-2-4-10-5-3-7-12(17-13)14(10)11/h2,4,7-8,11H,3,5-6H2,1H3,(H,16,17)(H,18,19)/b9-8-. The second-order valence-corrected chi connectivity index (χ2v) is 5.02. The maximum absolute atomic E-state index is 10.9. The van der Waals surface area contributed by atoms with Crippen LogP contribution < -0.4 is 5.32 Å². The summed E-state index contributed by atoms with van der Waals surface area (Å²) in [6, 6.07) is 0.139. The quantitative estimate of drug-likeness (QED) is 0.745. The maximum Gasteiger partial charge on any atom is 0.331 e. The molecule has 1 heterocycles. The summed E-state index contributed by atoms with van der Waals surface area (Å²) in [4.78, 5) is 15.5. The molecule has 0 saturated heterocycles. The third-order valence-corrected chi connectivity index (χ3v) is 3.66. The number of amidine groups is 1. The van der Waals surface area contributed by atoms with Crippen molar-refractivity contribution in [1.29, 1.82) is 0 Å². The van der Waals surface area contributed by atoms with Gasteiger partial charge in [0, 0.05) is 16.8 Å². The molecule has 0 spiro atoms. The minimum absolute atomic E-state index is 0.139. The SMILES string of the molecule is C/C(=C/C1=NC2CC=CC3=C2C(=CCC3)N1)C(=O)O. The molecule has 0 bridgehead atoms. The summed E-state index contributed by atoms with van der Waals surface area (Å²) in [5.41, 5.74) is 4.05. The van der Waals surface area contributed by atoms with Gasteiger partial charge in [0.05, 0.1) is 6.04 Å². The molecule has 1 unspecified atom stereocenters. The highest BCUT2D eigenvalue weighted by Crippen LogP contribution is 2.35. The molecule has 1 aliphatic heterocycles. The smallest absolute Gasteiger partial charge is 0.331 e. The van der Waals surface area contributed by atoms with Crippen molar-refractivity contribution in [1.82, 2.24) is 5.32 Å². The van der Waals surface area contributed by atoms with E-state index >= 15 is 0 Å². The number of carbonyl (C=O) groups is 1. The average molecular weight is 256 g/mol. The Labute approximate surface area is 111 Å². The van der Waals surface area contributed by atoms with Crippen LogP contribution in [0.5, 0.6) is 0 Å². The van der Waals surface area contributed by atoms with Crippen LogP contribution in [-0.2, 0) is 4.79 Å². The van der Waals surface area contributed by atoms with Crippen molar-refractivity contribution in [3.05, 3.63) is 46.7 Å². The summed E-state index contributed by atoms with van der Waals surface area (Å²) in [5, 5.41) is 12.2. The molecule has 3 rings (SSSR count). The topological polar surface area (TPSA) is 61.7 Å². The minimum atomic E-state index is -0.910. The molecule has 4 heteroatoms. The first-order valence-corrected chi connectivity index (χ1v) is 6.51. The number of allylic oxidation sites excluding steroid dienone is 3. The molecule has 0 amide bonds. The van der Waals surface area contributed by atoms with Gasteiger partial charge in [0.15, 0.2) is 0 Å². The van der Waals surface area contributed by atoms with E-state index in [-0.39, 0.29) is 6.04 Å². The molecular weight excluding hydrogens is 240 g/mol. The van der Waals surface area contributed by atoms with Crippen molar-refractivity contribution < 1.29 is 9.90 Å². The van der Waals surface area contributed by atoms with Crippen molar-refractivity contribution in [2.24, 2.45) is 4.99 Å². The molecule has 2 N–H and O–H groups in total. The monoisotopic (exact) mass is 256 g/mol. The Hall–Kier alpha value is -2.10. The number of rotatable bonds is 2. The zero-order valence-electron chi connectivity index (χ0n) is 10.8. The van der Waals surface area contributed by atoms with Crippen LogP contribution in [0.15, 0.2) is 51.7 Å². The first-order valence-electron chi connectivity index (χ1n) is 6.51. The lowest BCUT2D eigenvalue weighted by Gasteiger charge is -2.32. The van der Waals surface area contributed by atoms with E-state index in [2.05, 4.69) is 28.5 Å². The summed E-state index contributed by atoms with van der Waals surface area (Å²) in [5.74, 6) is -0.260. The first kappa shape index (κ1) is 12.0. The number of carboxylic acids is 1. The molecule has 0 radical (unpaired) electrons. The fourth-order valence-corrected chi connectivity index (χ4v) is 2.73. The predicted molar refractivity (Wildman–Crippen MR) is 73.9 cm³/mol. The molecule has 4 nitrogen and oxygen atoms in total. The zero-order valence-corrected chi connectivity index (χ0v) is 10.8. The third-order valence-electron chi connectivity index (χ3n) is 3.66. The van der Waals surface area contributed by atoms with Gasteiger partial charge < -0.3 is 10.4 Å². The van der Waals surface area contributed by atoms with Crippen molar-refractivity contribution >= 4 is 11.8 Å². The summed E-state index contributed by atoms with van der Waals surface area (Å²) < 4.78 is 0. The highest BCUT2D eigenvalue weighted by molar-refractivity contribution is 6.02. The van der Waals surface area contributed by atoms with Crippen LogP contribution >= 0.6 is 0 Å². The molecule has 0 aromatic heterocycles. The van der Waals surface area contributed by atoms with Gasteiger partial charge in [-0.15, -0.1) is 0 Å². The van der Waals surface area contributed by atoms with E-state index in [9.17, 15) is 4.79 Å². The Kier molecular flexibility index (Phi) is 2.85. The Morgan fingerprint density at radius 3 is 3.21 bits per heavy atom. The molecule has 3 aliphatic rings. The predicted octanol–water partition coefficient (Wildman–Crippen LogP) is 2.32. The largest absolute Gasteiger partial charge is 0.478 e. The first-order chi connectivity index (χ1) is 9.15. The third kappa shape index (κ3) is 2.14. The van der Waals surface area contributed by atoms with Gasteiger partial charge in [-0.3, -0.25) is 4.99 Å². The summed E-state index contributed by atoms with van der Waals surface area (Å²) in [6.07, 6.45) is 11.1. The number of aliphatic imine (C=N–C) groups is 1. The molecule has 1 atom stereocenters. The average Bonchev–Trinajstić information content (AvgIpc) is 2.39. The van der Waals surface area contributed by atoms with Crippen LogP contribution in [0.1, 0.15) is 26.2 Å². The Bertz CT molecular complexity index is 591. The number of nitrogens with one attached hydrogen (secondary N) is 1. The van der Waals surface area contributed by atoms with Crippen LogP contribution in [0.3, 0.4) is 0 Å². The van der Waals surface area contributed by atoms with E-state index in [1.807, 2.05) is 0 Å². The van der Waals surface area contributed by atoms with Gasteiger partial charge in [-0.2, -0.15) is 0 Å². The summed E-state index contributed by atoms with van der Waals surface area (Å²) in [7, 11) is 0. The molecular formula is C15H16N2O2. The molecule has 0 fully saturated rings. The number of hydrogen-bond donors (Lipinski definition) is 2.